The third-order valence-corrected chi connectivity index (χ3v) is 3.02. The van der Waals surface area contributed by atoms with Crippen LogP contribution in [0.15, 0.2) is 0 Å². The first-order valence-electron chi connectivity index (χ1n) is 6.21. The van der Waals surface area contributed by atoms with Crippen LogP contribution >= 0.6 is 0 Å². The van der Waals surface area contributed by atoms with Gasteiger partial charge in [0, 0.05) is 12.0 Å². The lowest BCUT2D eigenvalue weighted by molar-refractivity contribution is 0.00294. The van der Waals surface area contributed by atoms with Gasteiger partial charge in [-0.05, 0) is 6.92 Å². The lowest BCUT2D eigenvalue weighted by Gasteiger charge is -2.32. The monoisotopic (exact) mass is 252 g/mol. The first-order chi connectivity index (χ1) is 8.39. The molecule has 1 atom stereocenters. The van der Waals surface area contributed by atoms with Gasteiger partial charge in [0.05, 0.1) is 19.3 Å². The number of rotatable bonds is 1. The molecule has 1 unspecified atom stereocenters. The van der Waals surface area contributed by atoms with E-state index < -0.39 is 0 Å². The van der Waals surface area contributed by atoms with E-state index in [0.29, 0.717) is 19.8 Å². The minimum atomic E-state index is -0.137. The zero-order chi connectivity index (χ0) is 13.3. The summed E-state index contributed by atoms with van der Waals surface area (Å²) < 4.78 is 5.31. The van der Waals surface area contributed by atoms with E-state index in [-0.39, 0.29) is 23.2 Å². The number of nitrogens with one attached hydrogen (secondary N) is 1. The van der Waals surface area contributed by atoms with Gasteiger partial charge in [-0.15, -0.1) is 5.10 Å². The molecule has 0 saturated carbocycles. The molecule has 1 amide bonds. The molecule has 1 aromatic heterocycles. The number of nitrogens with zero attached hydrogens (tertiary/aromatic N) is 3. The fraction of sp³-hybridized carbons (Fsp3) is 0.750. The Hall–Kier alpha value is -1.43. The van der Waals surface area contributed by atoms with Crippen molar-refractivity contribution in [2.75, 3.05) is 19.8 Å². The topological polar surface area (TPSA) is 71.1 Å². The summed E-state index contributed by atoms with van der Waals surface area (Å²) in [6.07, 6.45) is 0. The number of carbonyl (C=O) groups is 1. The van der Waals surface area contributed by atoms with Gasteiger partial charge in [-0.3, -0.25) is 9.89 Å². The van der Waals surface area contributed by atoms with Crippen molar-refractivity contribution in [3.8, 4) is 0 Å². The first kappa shape index (κ1) is 13.0. The van der Waals surface area contributed by atoms with Crippen LogP contribution in [-0.2, 0) is 10.2 Å². The number of aromatic amines is 1. The molecular weight excluding hydrogens is 232 g/mol. The molecule has 2 heterocycles. The van der Waals surface area contributed by atoms with Gasteiger partial charge in [-0.25, -0.2) is 4.98 Å². The van der Waals surface area contributed by atoms with E-state index in [1.807, 2.05) is 27.7 Å². The van der Waals surface area contributed by atoms with E-state index >= 15 is 0 Å². The third kappa shape index (κ3) is 2.53. The van der Waals surface area contributed by atoms with E-state index in [2.05, 4.69) is 15.2 Å². The van der Waals surface area contributed by atoms with Crippen molar-refractivity contribution < 1.29 is 9.53 Å². The fourth-order valence-electron chi connectivity index (χ4n) is 1.85. The van der Waals surface area contributed by atoms with Crippen molar-refractivity contribution in [3.63, 3.8) is 0 Å². The summed E-state index contributed by atoms with van der Waals surface area (Å²) in [5.74, 6) is 0.845. The van der Waals surface area contributed by atoms with Crippen LogP contribution < -0.4 is 0 Å². The van der Waals surface area contributed by atoms with Crippen LogP contribution in [0.1, 0.15) is 44.1 Å². The first-order valence-corrected chi connectivity index (χ1v) is 6.21. The van der Waals surface area contributed by atoms with Gasteiger partial charge in [0.15, 0.2) is 0 Å². The number of H-pyrrole nitrogens is 1. The summed E-state index contributed by atoms with van der Waals surface area (Å²) in [6, 6.07) is 0.0721. The third-order valence-electron chi connectivity index (χ3n) is 3.02. The number of hydrogen-bond acceptors (Lipinski definition) is 4. The Labute approximate surface area is 107 Å². The molecule has 0 bridgehead atoms. The van der Waals surface area contributed by atoms with Crippen LogP contribution in [0.25, 0.3) is 0 Å². The van der Waals surface area contributed by atoms with Gasteiger partial charge < -0.3 is 9.64 Å². The quantitative estimate of drug-likeness (QED) is 0.808. The molecule has 2 rings (SSSR count). The number of hydrogen-bond donors (Lipinski definition) is 1. The normalized spacial score (nSPS) is 21.1. The van der Waals surface area contributed by atoms with Crippen molar-refractivity contribution in [3.05, 3.63) is 11.6 Å². The van der Waals surface area contributed by atoms with Crippen LogP contribution in [0.3, 0.4) is 0 Å². The van der Waals surface area contributed by atoms with Crippen LogP contribution in [0.5, 0.6) is 0 Å². The summed E-state index contributed by atoms with van der Waals surface area (Å²) in [7, 11) is 0. The molecule has 1 fully saturated rings. The Morgan fingerprint density at radius 1 is 1.50 bits per heavy atom. The average Bonchev–Trinajstić information content (AvgIpc) is 2.77. The molecule has 1 saturated heterocycles. The standard InChI is InChI=1S/C12H20N4O2/c1-8-7-18-6-5-16(8)10(17)9-13-11(15-14-9)12(2,3)4/h8H,5-7H2,1-4H3,(H,13,14,15). The highest BCUT2D eigenvalue weighted by Crippen LogP contribution is 2.18. The molecule has 1 aromatic rings. The van der Waals surface area contributed by atoms with Crippen molar-refractivity contribution in [2.45, 2.75) is 39.2 Å². The number of morpholine rings is 1. The molecule has 1 N–H and O–H groups in total. The highest BCUT2D eigenvalue weighted by Gasteiger charge is 2.28. The van der Waals surface area contributed by atoms with Crippen molar-refractivity contribution >= 4 is 5.91 Å². The predicted octanol–water partition coefficient (Wildman–Crippen LogP) is 0.963. The second-order valence-electron chi connectivity index (χ2n) is 5.68. The van der Waals surface area contributed by atoms with E-state index in [9.17, 15) is 4.79 Å². The van der Waals surface area contributed by atoms with Crippen LogP contribution in [0.4, 0.5) is 0 Å². The summed E-state index contributed by atoms with van der Waals surface area (Å²) in [4.78, 5) is 18.3. The maximum atomic E-state index is 12.3. The van der Waals surface area contributed by atoms with Gasteiger partial charge in [-0.2, -0.15) is 0 Å². The maximum absolute atomic E-state index is 12.3. The molecule has 0 aliphatic carbocycles. The molecule has 1 aliphatic heterocycles. The Morgan fingerprint density at radius 3 is 2.78 bits per heavy atom. The summed E-state index contributed by atoms with van der Waals surface area (Å²) in [5, 5.41) is 6.86. The Balaban J connectivity index is 2.16. The van der Waals surface area contributed by atoms with Crippen LogP contribution in [-0.4, -0.2) is 51.8 Å². The molecule has 6 nitrogen and oxygen atoms in total. The minimum absolute atomic E-state index is 0.0721. The SMILES string of the molecule is CC1COCCN1C(=O)c1n[nH]c(C(C)(C)C)n1. The molecule has 100 valence electrons. The van der Waals surface area contributed by atoms with Gasteiger partial charge >= 0.3 is 0 Å². The largest absolute Gasteiger partial charge is 0.377 e. The Bertz CT molecular complexity index is 436. The highest BCUT2D eigenvalue weighted by molar-refractivity contribution is 5.90. The molecular formula is C12H20N4O2. The molecule has 18 heavy (non-hydrogen) atoms. The van der Waals surface area contributed by atoms with Crippen LogP contribution in [0, 0.1) is 0 Å². The lowest BCUT2D eigenvalue weighted by atomic mass is 9.96. The smallest absolute Gasteiger partial charge is 0.293 e. The molecule has 0 spiro atoms. The number of ether oxygens (including phenoxy) is 1. The number of aromatic nitrogens is 3. The van der Waals surface area contributed by atoms with Gasteiger partial charge in [-0.1, -0.05) is 20.8 Å². The fourth-order valence-corrected chi connectivity index (χ4v) is 1.85. The number of carbonyl (C=O) groups excluding carboxylic acids is 1. The predicted molar refractivity (Wildman–Crippen MR) is 66.4 cm³/mol. The van der Waals surface area contributed by atoms with Crippen molar-refractivity contribution in [1.29, 1.82) is 0 Å². The molecule has 0 radical (unpaired) electrons. The summed E-state index contributed by atoms with van der Waals surface area (Å²) >= 11 is 0. The zero-order valence-electron chi connectivity index (χ0n) is 11.4. The Morgan fingerprint density at radius 2 is 2.22 bits per heavy atom. The van der Waals surface area contributed by atoms with Gasteiger partial charge in [0.25, 0.3) is 5.91 Å². The van der Waals surface area contributed by atoms with Gasteiger partial charge in [0.1, 0.15) is 5.82 Å². The van der Waals surface area contributed by atoms with Crippen molar-refractivity contribution in [1.82, 2.24) is 20.1 Å². The summed E-state index contributed by atoms with van der Waals surface area (Å²) in [6.45, 7) is 9.79. The Kier molecular flexibility index (Phi) is 3.38. The van der Waals surface area contributed by atoms with E-state index in [4.69, 9.17) is 4.74 Å². The maximum Gasteiger partial charge on any atom is 0.293 e. The number of amides is 1. The molecule has 0 aromatic carbocycles. The van der Waals surface area contributed by atoms with E-state index in [0.717, 1.165) is 5.82 Å². The van der Waals surface area contributed by atoms with Crippen LogP contribution in [0.2, 0.25) is 0 Å². The average molecular weight is 252 g/mol. The molecule has 1 aliphatic rings. The second kappa shape index (κ2) is 4.68. The minimum Gasteiger partial charge on any atom is -0.377 e. The van der Waals surface area contributed by atoms with Gasteiger partial charge in [0.2, 0.25) is 5.82 Å². The highest BCUT2D eigenvalue weighted by atomic mass is 16.5. The summed E-state index contributed by atoms with van der Waals surface area (Å²) in [5.41, 5.74) is -0.137. The zero-order valence-corrected chi connectivity index (χ0v) is 11.4. The second-order valence-corrected chi connectivity index (χ2v) is 5.68. The van der Waals surface area contributed by atoms with E-state index in [1.54, 1.807) is 4.90 Å². The van der Waals surface area contributed by atoms with Crippen molar-refractivity contribution in [2.24, 2.45) is 0 Å². The molecule has 6 heteroatoms. The van der Waals surface area contributed by atoms with E-state index in [1.165, 1.54) is 0 Å². The lowest BCUT2D eigenvalue weighted by Crippen LogP contribution is -2.47.